The molecule has 36 heavy (non-hydrogen) atoms. The van der Waals surface area contributed by atoms with Crippen molar-refractivity contribution in [1.82, 2.24) is 10.2 Å². The van der Waals surface area contributed by atoms with Gasteiger partial charge in [0.25, 0.3) is 0 Å². The molecule has 0 spiro atoms. The number of carbonyl (C=O) groups is 2. The first kappa shape index (κ1) is 30.2. The fraction of sp³-hybridized carbons (Fsp3) is 0.440. The van der Waals surface area contributed by atoms with Crippen LogP contribution in [0, 0.1) is 5.92 Å². The lowest BCUT2D eigenvalue weighted by Crippen LogP contribution is -2.48. The first-order chi connectivity index (χ1) is 16.8. The minimum absolute atomic E-state index is 0.0104. The molecular formula is C25H32Cl3N3O4S. The van der Waals surface area contributed by atoms with Crippen LogP contribution in [0.4, 0.5) is 5.69 Å². The molecule has 2 amide bonds. The zero-order chi connectivity index (χ0) is 27.0. The molecule has 198 valence electrons. The fourth-order valence-electron chi connectivity index (χ4n) is 3.50. The van der Waals surface area contributed by atoms with E-state index in [0.717, 1.165) is 10.6 Å². The number of anilines is 1. The van der Waals surface area contributed by atoms with Gasteiger partial charge in [0.05, 0.1) is 17.0 Å². The van der Waals surface area contributed by atoms with E-state index in [4.69, 9.17) is 34.8 Å². The van der Waals surface area contributed by atoms with E-state index in [1.54, 1.807) is 31.2 Å². The second-order valence-electron chi connectivity index (χ2n) is 8.96. The Kier molecular flexibility index (Phi) is 11.3. The van der Waals surface area contributed by atoms with Crippen molar-refractivity contribution in [3.05, 3.63) is 63.1 Å². The van der Waals surface area contributed by atoms with Gasteiger partial charge in [-0.25, -0.2) is 8.42 Å². The van der Waals surface area contributed by atoms with E-state index < -0.39 is 16.1 Å². The van der Waals surface area contributed by atoms with Gasteiger partial charge in [0.1, 0.15) is 6.04 Å². The molecule has 0 saturated carbocycles. The van der Waals surface area contributed by atoms with Crippen molar-refractivity contribution in [3.63, 3.8) is 0 Å². The summed E-state index contributed by atoms with van der Waals surface area (Å²) in [5.74, 6) is -0.311. The number of nitrogens with zero attached hydrogens (tertiary/aromatic N) is 2. The van der Waals surface area contributed by atoms with Crippen molar-refractivity contribution in [2.45, 2.75) is 46.2 Å². The van der Waals surface area contributed by atoms with Gasteiger partial charge in [-0.05, 0) is 49.1 Å². The number of nitrogens with one attached hydrogen (secondary N) is 1. The highest BCUT2D eigenvalue weighted by Gasteiger charge is 2.27. The number of rotatable bonds is 12. The molecule has 0 unspecified atom stereocenters. The van der Waals surface area contributed by atoms with Crippen LogP contribution in [0.1, 0.15) is 39.2 Å². The first-order valence-corrected chi connectivity index (χ1v) is 14.5. The minimum Gasteiger partial charge on any atom is -0.354 e. The largest absolute Gasteiger partial charge is 0.354 e. The number of hydrogen-bond acceptors (Lipinski definition) is 4. The maximum absolute atomic E-state index is 13.3. The molecule has 0 aliphatic carbocycles. The molecule has 0 radical (unpaired) electrons. The van der Waals surface area contributed by atoms with Gasteiger partial charge in [-0.15, -0.1) is 0 Å². The van der Waals surface area contributed by atoms with Crippen molar-refractivity contribution < 1.29 is 18.0 Å². The standard InChI is InChI=1S/C25H32Cl3N3O4S/c1-17(2)15-29-25(33)18(3)30(16-19-8-5-6-9-21(19)27)24(32)10-7-13-31(36(4,34)35)23-14-20(26)11-12-22(23)28/h5-6,8-9,11-12,14,17-18H,7,10,13,15-16H2,1-4H3,(H,29,33)/t18-/m0/s1. The molecule has 1 N–H and O–H groups in total. The summed E-state index contributed by atoms with van der Waals surface area (Å²) in [6.45, 7) is 6.28. The number of hydrogen-bond donors (Lipinski definition) is 1. The lowest BCUT2D eigenvalue weighted by molar-refractivity contribution is -0.140. The van der Waals surface area contributed by atoms with E-state index in [2.05, 4.69) is 5.32 Å². The Morgan fingerprint density at radius 1 is 1.00 bits per heavy atom. The Balaban J connectivity index is 2.21. The van der Waals surface area contributed by atoms with Crippen LogP contribution in [-0.2, 0) is 26.2 Å². The van der Waals surface area contributed by atoms with Crippen molar-refractivity contribution in [3.8, 4) is 0 Å². The second kappa shape index (κ2) is 13.5. The lowest BCUT2D eigenvalue weighted by atomic mass is 10.1. The molecule has 0 bridgehead atoms. The third-order valence-corrected chi connectivity index (χ3v) is 7.58. The van der Waals surface area contributed by atoms with Gasteiger partial charge in [-0.3, -0.25) is 13.9 Å². The SMILES string of the molecule is CC(C)CNC(=O)[C@H](C)N(Cc1ccccc1Cl)C(=O)CCCN(c1cc(Cl)ccc1Cl)S(C)(=O)=O. The monoisotopic (exact) mass is 575 g/mol. The van der Waals surface area contributed by atoms with E-state index >= 15 is 0 Å². The molecule has 1 atom stereocenters. The Hall–Kier alpha value is -2.00. The number of sulfonamides is 1. The Morgan fingerprint density at radius 3 is 2.28 bits per heavy atom. The molecular weight excluding hydrogens is 545 g/mol. The van der Waals surface area contributed by atoms with Gasteiger partial charge < -0.3 is 10.2 Å². The number of amides is 2. The third-order valence-electron chi connectivity index (χ3n) is 5.48. The average Bonchev–Trinajstić information content (AvgIpc) is 2.80. The van der Waals surface area contributed by atoms with Crippen LogP contribution >= 0.6 is 34.8 Å². The van der Waals surface area contributed by atoms with Gasteiger partial charge >= 0.3 is 0 Å². The molecule has 7 nitrogen and oxygen atoms in total. The van der Waals surface area contributed by atoms with E-state index in [1.807, 2.05) is 19.9 Å². The summed E-state index contributed by atoms with van der Waals surface area (Å²) in [6, 6.07) is 10.9. The van der Waals surface area contributed by atoms with Gasteiger partial charge in [-0.2, -0.15) is 0 Å². The highest BCUT2D eigenvalue weighted by molar-refractivity contribution is 7.92. The Bertz CT molecular complexity index is 1170. The van der Waals surface area contributed by atoms with Crippen LogP contribution in [0.3, 0.4) is 0 Å². The van der Waals surface area contributed by atoms with E-state index in [0.29, 0.717) is 22.2 Å². The highest BCUT2D eigenvalue weighted by atomic mass is 35.5. The third kappa shape index (κ3) is 8.83. The maximum atomic E-state index is 13.3. The van der Waals surface area contributed by atoms with Crippen molar-refractivity contribution in [1.29, 1.82) is 0 Å². The zero-order valence-electron chi connectivity index (χ0n) is 20.8. The molecule has 0 heterocycles. The molecule has 0 saturated heterocycles. The van der Waals surface area contributed by atoms with Gasteiger partial charge in [0.2, 0.25) is 21.8 Å². The average molecular weight is 577 g/mol. The van der Waals surface area contributed by atoms with Crippen molar-refractivity contribution in [2.24, 2.45) is 5.92 Å². The topological polar surface area (TPSA) is 86.8 Å². The van der Waals surface area contributed by atoms with Gasteiger partial charge in [0, 0.05) is 36.1 Å². The molecule has 0 fully saturated rings. The molecule has 2 rings (SSSR count). The van der Waals surface area contributed by atoms with Crippen LogP contribution < -0.4 is 9.62 Å². The van der Waals surface area contributed by atoms with E-state index in [-0.39, 0.29) is 54.4 Å². The summed E-state index contributed by atoms with van der Waals surface area (Å²) >= 11 is 18.6. The number of benzene rings is 2. The predicted octanol–water partition coefficient (Wildman–Crippen LogP) is 5.38. The van der Waals surface area contributed by atoms with Crippen LogP contribution in [0.5, 0.6) is 0 Å². The summed E-state index contributed by atoms with van der Waals surface area (Å²) in [6.07, 6.45) is 1.28. The minimum atomic E-state index is -3.69. The van der Waals surface area contributed by atoms with Crippen molar-refractivity contribution in [2.75, 3.05) is 23.7 Å². The molecule has 0 aliphatic heterocycles. The summed E-state index contributed by atoms with van der Waals surface area (Å²) in [7, 11) is -3.69. The van der Waals surface area contributed by atoms with Gasteiger partial charge in [0.15, 0.2) is 0 Å². The molecule has 0 aliphatic rings. The fourth-order valence-corrected chi connectivity index (χ4v) is 5.11. The Labute approximate surface area is 228 Å². The second-order valence-corrected chi connectivity index (χ2v) is 12.1. The van der Waals surface area contributed by atoms with Crippen molar-refractivity contribution >= 4 is 62.3 Å². The molecule has 11 heteroatoms. The summed E-state index contributed by atoms with van der Waals surface area (Å²) < 4.78 is 26.1. The van der Waals surface area contributed by atoms with Gasteiger partial charge in [-0.1, -0.05) is 66.8 Å². The quantitative estimate of drug-likeness (QED) is 0.367. The van der Waals surface area contributed by atoms with E-state index in [9.17, 15) is 18.0 Å². The van der Waals surface area contributed by atoms with E-state index in [1.165, 1.54) is 17.0 Å². The zero-order valence-corrected chi connectivity index (χ0v) is 23.9. The summed E-state index contributed by atoms with van der Waals surface area (Å²) in [5.41, 5.74) is 0.952. The van der Waals surface area contributed by atoms with Crippen LogP contribution in [0.25, 0.3) is 0 Å². The maximum Gasteiger partial charge on any atom is 0.242 e. The molecule has 2 aromatic carbocycles. The van der Waals surface area contributed by atoms with Crippen LogP contribution in [-0.4, -0.2) is 50.5 Å². The smallest absolute Gasteiger partial charge is 0.242 e. The highest BCUT2D eigenvalue weighted by Crippen LogP contribution is 2.31. The Morgan fingerprint density at radius 2 is 1.67 bits per heavy atom. The molecule has 0 aromatic heterocycles. The predicted molar refractivity (Wildman–Crippen MR) is 147 cm³/mol. The lowest BCUT2D eigenvalue weighted by Gasteiger charge is -2.30. The number of carbonyl (C=O) groups excluding carboxylic acids is 2. The molecule has 2 aromatic rings. The number of halogens is 3. The summed E-state index contributed by atoms with van der Waals surface area (Å²) in [4.78, 5) is 27.6. The van der Waals surface area contributed by atoms with Crippen LogP contribution in [0.2, 0.25) is 15.1 Å². The van der Waals surface area contributed by atoms with Crippen LogP contribution in [0.15, 0.2) is 42.5 Å². The normalized spacial score (nSPS) is 12.3. The first-order valence-electron chi connectivity index (χ1n) is 11.5. The summed E-state index contributed by atoms with van der Waals surface area (Å²) in [5, 5.41) is 3.92.